The minimum atomic E-state index is -0.410. The predicted octanol–water partition coefficient (Wildman–Crippen LogP) is 6.92. The second kappa shape index (κ2) is 11.8. The van der Waals surface area contributed by atoms with Crippen LogP contribution in [0.15, 0.2) is 77.7 Å². The van der Waals surface area contributed by atoms with Crippen molar-refractivity contribution in [2.75, 3.05) is 20.3 Å². The van der Waals surface area contributed by atoms with Gasteiger partial charge in [0.1, 0.15) is 18.1 Å². The molecule has 0 bridgehead atoms. The molecule has 1 saturated carbocycles. The normalized spacial score (nSPS) is 13.4. The van der Waals surface area contributed by atoms with Gasteiger partial charge in [-0.05, 0) is 113 Å². The standard InChI is InChI=1S/C28H27IO4S/c1-19-17-23(9-14-27(19)33-18-28(30)31-2)32-16-15-26(20-3-7-22(29)8-4-20)21-5-10-24(11-6-21)34-25-12-13-25/h3-11,14-15,17,25H,12-13,16,18H2,1-2H3. The highest BCUT2D eigenvalue weighted by atomic mass is 127. The fraction of sp³-hybridized carbons (Fsp3) is 0.250. The lowest BCUT2D eigenvalue weighted by atomic mass is 9.98. The van der Waals surface area contributed by atoms with E-state index >= 15 is 0 Å². The number of halogens is 1. The number of hydrogen-bond donors (Lipinski definition) is 0. The maximum atomic E-state index is 11.3. The lowest BCUT2D eigenvalue weighted by Crippen LogP contribution is -2.13. The smallest absolute Gasteiger partial charge is 0.343 e. The molecule has 0 atom stereocenters. The number of carbonyl (C=O) groups is 1. The minimum absolute atomic E-state index is 0.113. The molecule has 0 amide bonds. The van der Waals surface area contributed by atoms with Crippen LogP contribution in [0.2, 0.25) is 0 Å². The Kier molecular flexibility index (Phi) is 8.56. The number of methoxy groups -OCH3 is 1. The third kappa shape index (κ3) is 7.03. The monoisotopic (exact) mass is 586 g/mol. The van der Waals surface area contributed by atoms with Crippen molar-refractivity contribution in [3.05, 3.63) is 93.1 Å². The van der Waals surface area contributed by atoms with E-state index in [-0.39, 0.29) is 6.61 Å². The zero-order valence-electron chi connectivity index (χ0n) is 19.3. The maximum absolute atomic E-state index is 11.3. The van der Waals surface area contributed by atoms with Gasteiger partial charge in [-0.1, -0.05) is 24.3 Å². The Bertz CT molecular complexity index is 1150. The third-order valence-corrected chi connectivity index (χ3v) is 7.47. The molecule has 4 rings (SSSR count). The summed E-state index contributed by atoms with van der Waals surface area (Å²) in [6.07, 6.45) is 4.78. The molecule has 0 spiro atoms. The minimum Gasteiger partial charge on any atom is -0.489 e. The molecule has 4 nitrogen and oxygen atoms in total. The first-order valence-electron chi connectivity index (χ1n) is 11.2. The molecule has 1 aliphatic carbocycles. The molecule has 3 aromatic rings. The first kappa shape index (κ1) is 24.7. The Morgan fingerprint density at radius 2 is 1.68 bits per heavy atom. The van der Waals surface area contributed by atoms with E-state index in [0.717, 1.165) is 27.7 Å². The topological polar surface area (TPSA) is 44.8 Å². The third-order valence-electron chi connectivity index (χ3n) is 5.40. The van der Waals surface area contributed by atoms with E-state index < -0.39 is 5.97 Å². The molecule has 34 heavy (non-hydrogen) atoms. The molecule has 3 aromatic carbocycles. The molecule has 0 aliphatic heterocycles. The van der Waals surface area contributed by atoms with Crippen molar-refractivity contribution in [2.45, 2.75) is 29.9 Å². The van der Waals surface area contributed by atoms with Crippen LogP contribution in [0.4, 0.5) is 0 Å². The van der Waals surface area contributed by atoms with Crippen LogP contribution in [-0.2, 0) is 9.53 Å². The molecular weight excluding hydrogens is 559 g/mol. The van der Waals surface area contributed by atoms with Crippen molar-refractivity contribution in [1.29, 1.82) is 0 Å². The fourth-order valence-corrected chi connectivity index (χ4v) is 4.82. The molecule has 1 fully saturated rings. The average Bonchev–Trinajstić information content (AvgIpc) is 3.66. The summed E-state index contributed by atoms with van der Waals surface area (Å²) >= 11 is 4.30. The maximum Gasteiger partial charge on any atom is 0.343 e. The van der Waals surface area contributed by atoms with E-state index in [0.29, 0.717) is 12.4 Å². The lowest BCUT2D eigenvalue weighted by Gasteiger charge is -2.12. The van der Waals surface area contributed by atoms with Crippen molar-refractivity contribution in [3.63, 3.8) is 0 Å². The lowest BCUT2D eigenvalue weighted by molar-refractivity contribution is -0.142. The molecule has 0 aromatic heterocycles. The Morgan fingerprint density at radius 3 is 2.29 bits per heavy atom. The fourth-order valence-electron chi connectivity index (χ4n) is 3.41. The first-order valence-corrected chi connectivity index (χ1v) is 13.1. The van der Waals surface area contributed by atoms with Gasteiger partial charge < -0.3 is 14.2 Å². The second-order valence-electron chi connectivity index (χ2n) is 8.07. The molecule has 0 unspecified atom stereocenters. The van der Waals surface area contributed by atoms with Crippen molar-refractivity contribution in [1.82, 2.24) is 0 Å². The summed E-state index contributed by atoms with van der Waals surface area (Å²) in [5.74, 6) is 0.974. The highest BCUT2D eigenvalue weighted by Crippen LogP contribution is 2.39. The summed E-state index contributed by atoms with van der Waals surface area (Å²) in [6.45, 7) is 2.24. The highest BCUT2D eigenvalue weighted by Gasteiger charge is 2.22. The molecule has 0 radical (unpaired) electrons. The Balaban J connectivity index is 1.47. The summed E-state index contributed by atoms with van der Waals surface area (Å²) < 4.78 is 17.4. The van der Waals surface area contributed by atoms with Gasteiger partial charge >= 0.3 is 5.97 Å². The van der Waals surface area contributed by atoms with Crippen LogP contribution in [-0.4, -0.2) is 31.5 Å². The number of ether oxygens (including phenoxy) is 3. The van der Waals surface area contributed by atoms with E-state index in [4.69, 9.17) is 9.47 Å². The highest BCUT2D eigenvalue weighted by molar-refractivity contribution is 14.1. The zero-order valence-corrected chi connectivity index (χ0v) is 22.2. The van der Waals surface area contributed by atoms with Crippen LogP contribution in [0, 0.1) is 10.5 Å². The van der Waals surface area contributed by atoms with Crippen LogP contribution in [0.3, 0.4) is 0 Å². The Labute approximate surface area is 218 Å². The molecule has 1 aliphatic rings. The van der Waals surface area contributed by atoms with Crippen molar-refractivity contribution >= 4 is 45.9 Å². The molecule has 176 valence electrons. The summed E-state index contributed by atoms with van der Waals surface area (Å²) in [5.41, 5.74) is 4.38. The van der Waals surface area contributed by atoms with Gasteiger partial charge in [-0.25, -0.2) is 4.79 Å². The molecule has 0 heterocycles. The van der Waals surface area contributed by atoms with E-state index in [1.54, 1.807) is 0 Å². The van der Waals surface area contributed by atoms with Gasteiger partial charge in [-0.3, -0.25) is 0 Å². The van der Waals surface area contributed by atoms with Crippen LogP contribution in [0.1, 0.15) is 29.5 Å². The van der Waals surface area contributed by atoms with Gasteiger partial charge in [0.05, 0.1) is 7.11 Å². The quantitative estimate of drug-likeness (QED) is 0.191. The SMILES string of the molecule is COC(=O)COc1ccc(OCC=C(c2ccc(I)cc2)c2ccc(SC3CC3)cc2)cc1C. The Morgan fingerprint density at radius 1 is 1.00 bits per heavy atom. The van der Waals surface area contributed by atoms with Crippen molar-refractivity contribution in [2.24, 2.45) is 0 Å². The van der Waals surface area contributed by atoms with Gasteiger partial charge in [-0.2, -0.15) is 0 Å². The van der Waals surface area contributed by atoms with Crippen molar-refractivity contribution < 1.29 is 19.0 Å². The summed E-state index contributed by atoms with van der Waals surface area (Å²) in [4.78, 5) is 12.6. The number of thioether (sulfide) groups is 1. The summed E-state index contributed by atoms with van der Waals surface area (Å²) in [7, 11) is 1.34. The number of hydrogen-bond acceptors (Lipinski definition) is 5. The van der Waals surface area contributed by atoms with Crippen LogP contribution in [0.25, 0.3) is 5.57 Å². The summed E-state index contributed by atoms with van der Waals surface area (Å²) in [6, 6.07) is 23.0. The number of aryl methyl sites for hydroxylation is 1. The van der Waals surface area contributed by atoms with Crippen molar-refractivity contribution in [3.8, 4) is 11.5 Å². The Hall–Kier alpha value is -2.45. The van der Waals surface area contributed by atoms with E-state index in [2.05, 4.69) is 81.9 Å². The van der Waals surface area contributed by atoms with Crippen LogP contribution < -0.4 is 9.47 Å². The molecule has 0 saturated heterocycles. The predicted molar refractivity (Wildman–Crippen MR) is 146 cm³/mol. The zero-order chi connectivity index (χ0) is 23.9. The van der Waals surface area contributed by atoms with Gasteiger partial charge in [0.25, 0.3) is 0 Å². The van der Waals surface area contributed by atoms with Gasteiger partial charge in [-0.15, -0.1) is 11.8 Å². The van der Waals surface area contributed by atoms with E-state index in [1.165, 1.54) is 34.0 Å². The number of rotatable bonds is 10. The molecular formula is C28H27IO4S. The number of carbonyl (C=O) groups excluding carboxylic acids is 1. The van der Waals surface area contributed by atoms with Gasteiger partial charge in [0.2, 0.25) is 0 Å². The average molecular weight is 586 g/mol. The van der Waals surface area contributed by atoms with E-state index in [1.807, 2.05) is 36.9 Å². The number of benzene rings is 3. The largest absolute Gasteiger partial charge is 0.489 e. The van der Waals surface area contributed by atoms with E-state index in [9.17, 15) is 4.79 Å². The second-order valence-corrected chi connectivity index (χ2v) is 10.7. The van der Waals surface area contributed by atoms with Gasteiger partial charge in [0, 0.05) is 13.7 Å². The molecule has 0 N–H and O–H groups in total. The summed E-state index contributed by atoms with van der Waals surface area (Å²) in [5, 5.41) is 0.797. The van der Waals surface area contributed by atoms with Crippen LogP contribution >= 0.6 is 34.4 Å². The number of esters is 1. The first-order chi connectivity index (χ1) is 16.5. The molecule has 6 heteroatoms. The van der Waals surface area contributed by atoms with Crippen LogP contribution in [0.5, 0.6) is 11.5 Å². The van der Waals surface area contributed by atoms with Gasteiger partial charge in [0.15, 0.2) is 6.61 Å².